The zero-order valence-corrected chi connectivity index (χ0v) is 28.1. The van der Waals surface area contributed by atoms with E-state index in [4.69, 9.17) is 0 Å². The summed E-state index contributed by atoms with van der Waals surface area (Å²) in [7, 11) is -2.70. The first-order valence-electron chi connectivity index (χ1n) is 15.6. The van der Waals surface area contributed by atoms with Gasteiger partial charge in [-0.05, 0) is 71.3 Å². The lowest BCUT2D eigenvalue weighted by Gasteiger charge is -2.47. The van der Waals surface area contributed by atoms with Crippen LogP contribution in [-0.2, 0) is 30.6 Å². The summed E-state index contributed by atoms with van der Waals surface area (Å²) in [4.78, 5) is 41.5. The Morgan fingerprint density at radius 1 is 1.02 bits per heavy atom. The van der Waals surface area contributed by atoms with E-state index in [-0.39, 0.29) is 18.9 Å². The van der Waals surface area contributed by atoms with Crippen molar-refractivity contribution in [2.24, 2.45) is 11.8 Å². The Hall–Kier alpha value is -2.70. The van der Waals surface area contributed by atoms with Crippen molar-refractivity contribution in [2.75, 3.05) is 26.5 Å². The number of fused-ring (bicyclic) bond motifs is 1. The number of nitrogens with one attached hydrogen (secondary N) is 3. The number of methoxy groups -OCH3 is 1. The van der Waals surface area contributed by atoms with E-state index in [1.807, 2.05) is 56.0 Å². The summed E-state index contributed by atoms with van der Waals surface area (Å²) in [6.45, 7) is 9.35. The maximum absolute atomic E-state index is 13.8. The topological polar surface area (TPSA) is 154 Å². The second-order valence-electron chi connectivity index (χ2n) is 14.1. The molecule has 2 fully saturated rings. The molecule has 0 spiro atoms. The maximum atomic E-state index is 13.8. The number of rotatable bonds is 11. The fourth-order valence-corrected chi connectivity index (χ4v) is 6.95. The number of likely N-dealkylation sites (tertiary alicyclic amines) is 1. The third kappa shape index (κ3) is 9.40. The van der Waals surface area contributed by atoms with Gasteiger partial charge in [-0.3, -0.25) is 14.5 Å². The van der Waals surface area contributed by atoms with Gasteiger partial charge in [0, 0.05) is 24.9 Å². The SMILES string of the molecule is COC(=O)N[C@H](C(=O)N[C@@H](Cc1ccccc1)[C@H](O)CN1CC2CCCCC2C[C@H]1C(=O)NC(C)(C)C)C(C)(C)S(C)(=O)=O. The van der Waals surface area contributed by atoms with Crippen LogP contribution in [0.1, 0.15) is 72.3 Å². The first-order chi connectivity index (χ1) is 20.4. The van der Waals surface area contributed by atoms with Crippen LogP contribution in [0.4, 0.5) is 4.79 Å². The van der Waals surface area contributed by atoms with Crippen LogP contribution in [0.3, 0.4) is 0 Å². The highest BCUT2D eigenvalue weighted by atomic mass is 32.2. The molecule has 4 N–H and O–H groups in total. The molecule has 0 bridgehead atoms. The van der Waals surface area contributed by atoms with E-state index in [1.165, 1.54) is 13.8 Å². The highest BCUT2D eigenvalue weighted by molar-refractivity contribution is 7.92. The average molecular weight is 637 g/mol. The minimum atomic E-state index is -3.83. The summed E-state index contributed by atoms with van der Waals surface area (Å²) in [6, 6.07) is 6.56. The van der Waals surface area contributed by atoms with Gasteiger partial charge in [-0.2, -0.15) is 0 Å². The molecule has 6 atom stereocenters. The Balaban J connectivity index is 1.91. The molecule has 1 aliphatic heterocycles. The van der Waals surface area contributed by atoms with Crippen molar-refractivity contribution < 1.29 is 32.6 Å². The number of carbonyl (C=O) groups is 3. The van der Waals surface area contributed by atoms with E-state index in [9.17, 15) is 27.9 Å². The second-order valence-corrected chi connectivity index (χ2v) is 16.7. The van der Waals surface area contributed by atoms with Crippen LogP contribution in [0.2, 0.25) is 0 Å². The number of piperidine rings is 1. The number of β-amino-alcohol motifs (C(OH)–C–C–N with tert-alkyl or cyclic N) is 1. The predicted molar refractivity (Wildman–Crippen MR) is 170 cm³/mol. The number of alkyl carbamates (subject to hydrolysis) is 1. The fraction of sp³-hybridized carbons (Fsp3) is 0.719. The number of carbonyl (C=O) groups excluding carboxylic acids is 3. The van der Waals surface area contributed by atoms with Crippen molar-refractivity contribution >= 4 is 27.7 Å². The lowest BCUT2D eigenvalue weighted by atomic mass is 9.72. The molecule has 11 nitrogen and oxygen atoms in total. The Morgan fingerprint density at radius 2 is 1.64 bits per heavy atom. The highest BCUT2D eigenvalue weighted by Gasteiger charge is 2.46. The molecule has 0 aromatic heterocycles. The normalized spacial score (nSPS) is 23.4. The van der Waals surface area contributed by atoms with E-state index in [0.29, 0.717) is 24.8 Å². The largest absolute Gasteiger partial charge is 0.453 e. The van der Waals surface area contributed by atoms with Gasteiger partial charge in [0.25, 0.3) is 0 Å². The van der Waals surface area contributed by atoms with Gasteiger partial charge in [0.1, 0.15) is 6.04 Å². The monoisotopic (exact) mass is 636 g/mol. The van der Waals surface area contributed by atoms with Crippen molar-refractivity contribution in [3.8, 4) is 0 Å². The predicted octanol–water partition coefficient (Wildman–Crippen LogP) is 2.42. The van der Waals surface area contributed by atoms with Crippen molar-refractivity contribution in [1.29, 1.82) is 0 Å². The van der Waals surface area contributed by atoms with Crippen LogP contribution in [-0.4, -0.2) is 97.3 Å². The Morgan fingerprint density at radius 3 is 2.20 bits per heavy atom. The van der Waals surface area contributed by atoms with Gasteiger partial charge < -0.3 is 25.8 Å². The van der Waals surface area contributed by atoms with Crippen LogP contribution >= 0.6 is 0 Å². The molecule has 1 aromatic carbocycles. The average Bonchev–Trinajstić information content (AvgIpc) is 2.93. The van der Waals surface area contributed by atoms with E-state index in [0.717, 1.165) is 44.6 Å². The molecule has 12 heteroatoms. The van der Waals surface area contributed by atoms with Crippen molar-refractivity contribution in [1.82, 2.24) is 20.9 Å². The Bertz CT molecular complexity index is 1250. The summed E-state index contributed by atoms with van der Waals surface area (Å²) in [5, 5.41) is 20.1. The third-order valence-electron chi connectivity index (χ3n) is 9.18. The highest BCUT2D eigenvalue weighted by Crippen LogP contribution is 2.39. The second kappa shape index (κ2) is 14.6. The molecule has 2 aliphatic rings. The van der Waals surface area contributed by atoms with Crippen LogP contribution in [0.15, 0.2) is 30.3 Å². The van der Waals surface area contributed by atoms with E-state index in [2.05, 4.69) is 20.7 Å². The van der Waals surface area contributed by atoms with E-state index in [1.54, 1.807) is 0 Å². The standard InChI is InChI=1S/C32H52N4O7S/c1-31(2,3)35-28(38)25-18-22-15-11-12-16-23(22)19-36(25)20-26(37)24(17-21-13-9-8-10-14-21)33-29(39)27(34-30(40)43-6)32(4,5)44(7,41)42/h8-10,13-14,22-27,37H,11-12,15-20H2,1-7H3,(H,33,39)(H,34,40)(H,35,38)/t22?,23?,24-,25-,26+,27+/m0/s1. The Kier molecular flexibility index (Phi) is 11.9. The quantitative estimate of drug-likeness (QED) is 0.289. The maximum Gasteiger partial charge on any atom is 0.407 e. The minimum absolute atomic E-state index is 0.0744. The molecule has 3 rings (SSSR count). The molecule has 3 amide bonds. The lowest BCUT2D eigenvalue weighted by molar-refractivity contribution is -0.133. The number of amides is 3. The molecule has 1 aliphatic carbocycles. The third-order valence-corrected chi connectivity index (χ3v) is 11.3. The molecular weight excluding hydrogens is 584 g/mol. The lowest BCUT2D eigenvalue weighted by Crippen LogP contribution is -2.64. The van der Waals surface area contributed by atoms with Gasteiger partial charge in [-0.1, -0.05) is 49.6 Å². The number of nitrogens with zero attached hydrogens (tertiary/aromatic N) is 1. The first-order valence-corrected chi connectivity index (χ1v) is 17.4. The van der Waals surface area contributed by atoms with Crippen LogP contribution in [0, 0.1) is 11.8 Å². The summed E-state index contributed by atoms with van der Waals surface area (Å²) >= 11 is 0. The van der Waals surface area contributed by atoms with Crippen LogP contribution in [0.5, 0.6) is 0 Å². The van der Waals surface area contributed by atoms with Gasteiger partial charge in [-0.25, -0.2) is 13.2 Å². The Labute approximate surface area is 262 Å². The molecule has 2 unspecified atom stereocenters. The van der Waals surface area contributed by atoms with E-state index >= 15 is 0 Å². The van der Waals surface area contributed by atoms with Gasteiger partial charge in [0.15, 0.2) is 9.84 Å². The first kappa shape index (κ1) is 35.8. The zero-order chi connectivity index (χ0) is 32.9. The number of benzene rings is 1. The molecule has 44 heavy (non-hydrogen) atoms. The minimum Gasteiger partial charge on any atom is -0.453 e. The van der Waals surface area contributed by atoms with Crippen LogP contribution < -0.4 is 16.0 Å². The van der Waals surface area contributed by atoms with Gasteiger partial charge in [-0.15, -0.1) is 0 Å². The number of hydrogen-bond acceptors (Lipinski definition) is 8. The number of hydrogen-bond donors (Lipinski definition) is 4. The van der Waals surface area contributed by atoms with Gasteiger partial charge in [0.05, 0.1) is 30.0 Å². The van der Waals surface area contributed by atoms with Gasteiger partial charge in [0.2, 0.25) is 11.8 Å². The molecule has 1 aromatic rings. The van der Waals surface area contributed by atoms with Crippen molar-refractivity contribution in [2.45, 2.75) is 108 Å². The molecule has 1 saturated carbocycles. The molecular formula is C32H52N4O7S. The zero-order valence-electron chi connectivity index (χ0n) is 27.3. The fourth-order valence-electron chi connectivity index (χ4n) is 6.36. The summed E-state index contributed by atoms with van der Waals surface area (Å²) in [5.41, 5.74) is 0.438. The summed E-state index contributed by atoms with van der Waals surface area (Å²) < 4.78 is 28.4. The van der Waals surface area contributed by atoms with Crippen molar-refractivity contribution in [3.63, 3.8) is 0 Å². The van der Waals surface area contributed by atoms with Gasteiger partial charge >= 0.3 is 6.09 Å². The molecule has 0 radical (unpaired) electrons. The van der Waals surface area contributed by atoms with Crippen molar-refractivity contribution in [3.05, 3.63) is 35.9 Å². The summed E-state index contributed by atoms with van der Waals surface area (Å²) in [5.74, 6) is 0.0467. The molecule has 248 valence electrons. The smallest absolute Gasteiger partial charge is 0.407 e. The molecule has 1 heterocycles. The number of aliphatic hydroxyl groups excluding tert-OH is 1. The number of aliphatic hydroxyl groups is 1. The number of sulfone groups is 1. The van der Waals surface area contributed by atoms with Crippen LogP contribution in [0.25, 0.3) is 0 Å². The number of ether oxygens (including phenoxy) is 1. The van der Waals surface area contributed by atoms with E-state index < -0.39 is 56.4 Å². The molecule has 1 saturated heterocycles. The summed E-state index contributed by atoms with van der Waals surface area (Å²) in [6.07, 6.45) is 4.38.